The van der Waals surface area contributed by atoms with Crippen molar-refractivity contribution in [1.29, 1.82) is 0 Å². The number of halogens is 1. The Morgan fingerprint density at radius 3 is 2.62 bits per heavy atom. The number of hydrogen-bond acceptors (Lipinski definition) is 7. The van der Waals surface area contributed by atoms with Crippen LogP contribution in [0.2, 0.25) is 0 Å². The average molecular weight is 536 g/mol. The number of hydrogen-bond donors (Lipinski definition) is 1. The molecule has 0 fully saturated rings. The largest absolute Gasteiger partial charge is 0.489 e. The summed E-state index contributed by atoms with van der Waals surface area (Å²) in [4.78, 5) is 12.3. The Kier molecular flexibility index (Phi) is 10.1. The second-order valence-corrected chi connectivity index (χ2v) is 9.23. The molecule has 0 amide bonds. The molecule has 1 heterocycles. The zero-order chi connectivity index (χ0) is 27.6. The van der Waals surface area contributed by atoms with E-state index in [1.165, 1.54) is 0 Å². The summed E-state index contributed by atoms with van der Waals surface area (Å²) < 4.78 is 41.1. The second-order valence-electron chi connectivity index (χ2n) is 9.23. The molecular weight excluding hydrogens is 501 g/mol. The van der Waals surface area contributed by atoms with Crippen LogP contribution in [0.15, 0.2) is 71.1 Å². The second kappa shape index (κ2) is 13.9. The van der Waals surface area contributed by atoms with E-state index < -0.39 is 12.7 Å². The van der Waals surface area contributed by atoms with Crippen LogP contribution in [0.5, 0.6) is 5.75 Å². The highest BCUT2D eigenvalue weighted by Crippen LogP contribution is 2.34. The van der Waals surface area contributed by atoms with Crippen molar-refractivity contribution in [2.24, 2.45) is 5.73 Å². The quantitative estimate of drug-likeness (QED) is 0.158. The number of fused-ring (bicyclic) bond motifs is 1. The maximum absolute atomic E-state index is 13.3. The highest BCUT2D eigenvalue weighted by atomic mass is 19.1. The number of carbonyl (C=O) groups is 1. The van der Waals surface area contributed by atoms with Gasteiger partial charge >= 0.3 is 5.97 Å². The predicted molar refractivity (Wildman–Crippen MR) is 147 cm³/mol. The lowest BCUT2D eigenvalue weighted by atomic mass is 9.97. The first-order valence-corrected chi connectivity index (χ1v) is 12.8. The van der Waals surface area contributed by atoms with Gasteiger partial charge in [0.25, 0.3) is 0 Å². The molecule has 3 aromatic carbocycles. The number of alkyl halides is 1. The third kappa shape index (κ3) is 7.44. The molecule has 206 valence electrons. The van der Waals surface area contributed by atoms with E-state index >= 15 is 0 Å². The van der Waals surface area contributed by atoms with Gasteiger partial charge in [-0.25, -0.2) is 4.39 Å². The van der Waals surface area contributed by atoms with Crippen molar-refractivity contribution >= 4 is 16.9 Å². The van der Waals surface area contributed by atoms with Crippen LogP contribution in [0.4, 0.5) is 4.39 Å². The van der Waals surface area contributed by atoms with Crippen molar-refractivity contribution in [3.8, 4) is 16.9 Å². The molecule has 8 heteroatoms. The molecule has 0 bridgehead atoms. The van der Waals surface area contributed by atoms with Gasteiger partial charge in [-0.05, 0) is 47.0 Å². The molecule has 0 aliphatic rings. The van der Waals surface area contributed by atoms with E-state index in [0.717, 1.165) is 27.6 Å². The Morgan fingerprint density at radius 2 is 1.82 bits per heavy atom. The smallest absolute Gasteiger partial charge is 0.310 e. The number of esters is 1. The highest BCUT2D eigenvalue weighted by molar-refractivity contribution is 5.93. The predicted octanol–water partition coefficient (Wildman–Crippen LogP) is 5.92. The van der Waals surface area contributed by atoms with Gasteiger partial charge in [0.15, 0.2) is 0 Å². The lowest BCUT2D eigenvalue weighted by Gasteiger charge is -2.14. The van der Waals surface area contributed by atoms with E-state index in [0.29, 0.717) is 48.9 Å². The van der Waals surface area contributed by atoms with E-state index in [2.05, 4.69) is 0 Å². The minimum Gasteiger partial charge on any atom is -0.489 e. The fourth-order valence-electron chi connectivity index (χ4n) is 4.35. The molecular formula is C31H34FNO6. The molecule has 0 radical (unpaired) electrons. The first-order valence-electron chi connectivity index (χ1n) is 12.8. The molecule has 4 rings (SSSR count). The number of furan rings is 1. The van der Waals surface area contributed by atoms with Gasteiger partial charge in [0.05, 0.1) is 19.1 Å². The maximum atomic E-state index is 13.3. The average Bonchev–Trinajstić information content (AvgIpc) is 3.36. The first-order chi connectivity index (χ1) is 19.0. The maximum Gasteiger partial charge on any atom is 0.310 e. The van der Waals surface area contributed by atoms with Crippen molar-refractivity contribution in [2.45, 2.75) is 32.1 Å². The Labute approximate surface area is 227 Å². The van der Waals surface area contributed by atoms with Gasteiger partial charge in [-0.1, -0.05) is 36.4 Å². The van der Waals surface area contributed by atoms with Crippen molar-refractivity contribution < 1.29 is 32.5 Å². The number of benzene rings is 3. The number of rotatable bonds is 14. The molecule has 0 spiro atoms. The van der Waals surface area contributed by atoms with Crippen LogP contribution in [-0.2, 0) is 38.6 Å². The van der Waals surface area contributed by atoms with Crippen molar-refractivity contribution in [1.82, 2.24) is 0 Å². The Morgan fingerprint density at radius 1 is 0.974 bits per heavy atom. The minimum atomic E-state index is -0.698. The summed E-state index contributed by atoms with van der Waals surface area (Å²) in [6.07, 6.45) is 0.755. The number of nitrogens with two attached hydrogens (primary N) is 1. The van der Waals surface area contributed by atoms with Crippen LogP contribution < -0.4 is 10.5 Å². The fourth-order valence-corrected chi connectivity index (χ4v) is 4.35. The normalized spacial score (nSPS) is 12.0. The lowest BCUT2D eigenvalue weighted by Crippen LogP contribution is -2.12. The fraction of sp³-hybridized carbons (Fsp3) is 0.323. The highest BCUT2D eigenvalue weighted by Gasteiger charge is 2.16. The summed E-state index contributed by atoms with van der Waals surface area (Å²) in [5.74, 6) is 0.982. The summed E-state index contributed by atoms with van der Waals surface area (Å²) in [7, 11) is 3.22. The zero-order valence-corrected chi connectivity index (χ0v) is 22.3. The monoisotopic (exact) mass is 535 g/mol. The molecule has 0 aliphatic carbocycles. The molecule has 0 saturated carbocycles. The van der Waals surface area contributed by atoms with Gasteiger partial charge in [-0.15, -0.1) is 0 Å². The van der Waals surface area contributed by atoms with Gasteiger partial charge < -0.3 is 29.1 Å². The summed E-state index contributed by atoms with van der Waals surface area (Å²) in [5, 5.41) is 0.895. The Hall–Kier alpha value is -3.72. The van der Waals surface area contributed by atoms with Crippen LogP contribution in [0.3, 0.4) is 0 Å². The summed E-state index contributed by atoms with van der Waals surface area (Å²) >= 11 is 0. The lowest BCUT2D eigenvalue weighted by molar-refractivity contribution is -0.143. The Balaban J connectivity index is 1.59. The molecule has 1 unspecified atom stereocenters. The number of ether oxygens (including phenoxy) is 4. The van der Waals surface area contributed by atoms with Gasteiger partial charge in [-0.3, -0.25) is 4.79 Å². The third-order valence-corrected chi connectivity index (χ3v) is 6.26. The van der Waals surface area contributed by atoms with Gasteiger partial charge in [0, 0.05) is 43.8 Å². The molecule has 0 saturated heterocycles. The van der Waals surface area contributed by atoms with E-state index in [1.807, 2.05) is 66.7 Å². The topological polar surface area (TPSA) is 93.2 Å². The third-order valence-electron chi connectivity index (χ3n) is 6.26. The number of methoxy groups -OCH3 is 2. The molecule has 2 N–H and O–H groups in total. The van der Waals surface area contributed by atoms with Crippen LogP contribution in [0.1, 0.15) is 34.9 Å². The van der Waals surface area contributed by atoms with Gasteiger partial charge in [-0.2, -0.15) is 0 Å². The summed E-state index contributed by atoms with van der Waals surface area (Å²) in [6.45, 7) is 0.798. The standard InChI is InChI=1S/C31H34FNO6/c1-35-11-6-12-37-30(34)17-24-7-3-4-10-29(24)38-19-21-13-25-16-26(20-36-2)39-31(25)27(14-21)22-8-5-9-23(15-22)28(33)18-32/h3-5,7-10,13-16,28H,6,11-12,17-20,33H2,1-2H3. The van der Waals surface area contributed by atoms with E-state index in [1.54, 1.807) is 14.2 Å². The van der Waals surface area contributed by atoms with E-state index in [4.69, 9.17) is 29.1 Å². The molecule has 1 atom stereocenters. The minimum absolute atomic E-state index is 0.108. The summed E-state index contributed by atoms with van der Waals surface area (Å²) in [5.41, 5.74) is 10.7. The molecule has 39 heavy (non-hydrogen) atoms. The number of carbonyl (C=O) groups excluding carboxylic acids is 1. The molecule has 4 aromatic rings. The molecule has 7 nitrogen and oxygen atoms in total. The van der Waals surface area contributed by atoms with Crippen LogP contribution in [0.25, 0.3) is 22.1 Å². The van der Waals surface area contributed by atoms with E-state index in [9.17, 15) is 9.18 Å². The van der Waals surface area contributed by atoms with Crippen molar-refractivity contribution in [3.05, 3.63) is 89.2 Å². The molecule has 0 aliphatic heterocycles. The first kappa shape index (κ1) is 28.3. The van der Waals surface area contributed by atoms with Crippen LogP contribution in [0, 0.1) is 0 Å². The van der Waals surface area contributed by atoms with Gasteiger partial charge in [0.2, 0.25) is 0 Å². The van der Waals surface area contributed by atoms with E-state index in [-0.39, 0.29) is 19.0 Å². The zero-order valence-electron chi connectivity index (χ0n) is 22.3. The van der Waals surface area contributed by atoms with Crippen molar-refractivity contribution in [2.75, 3.05) is 34.1 Å². The Bertz CT molecular complexity index is 1380. The number of para-hydroxylation sites is 1. The summed E-state index contributed by atoms with van der Waals surface area (Å²) in [6, 6.07) is 20.2. The molecule has 1 aromatic heterocycles. The van der Waals surface area contributed by atoms with Gasteiger partial charge in [0.1, 0.15) is 37.0 Å². The van der Waals surface area contributed by atoms with Crippen molar-refractivity contribution in [3.63, 3.8) is 0 Å². The SMILES string of the molecule is COCCCOC(=O)Cc1ccccc1OCc1cc(-c2cccc(C(N)CF)c2)c2oc(COC)cc2c1. The van der Waals surface area contributed by atoms with Crippen LogP contribution in [-0.4, -0.2) is 40.1 Å². The van der Waals surface area contributed by atoms with Crippen LogP contribution >= 0.6 is 0 Å².